The number of benzene rings is 1. The fraction of sp³-hybridized carbons (Fsp3) is 0.444. The molecule has 0 bridgehead atoms. The standard InChI is InChI=1S/C18H23N3O3S2/c1-26(23,24)16-13(7-4-8-15(16)19)14(11-12-5-2-3-6-12)17(22)21-18-20-9-10-25-18/h4,7-10,12,14H,2-3,5-6,11,19H2,1H3,(H,20,21,22). The molecule has 1 fully saturated rings. The predicted octanol–water partition coefficient (Wildman–Crippen LogP) is 3.43. The molecule has 1 aliphatic carbocycles. The van der Waals surface area contributed by atoms with Gasteiger partial charge < -0.3 is 11.1 Å². The van der Waals surface area contributed by atoms with Crippen LogP contribution in [-0.2, 0) is 14.6 Å². The molecule has 2 aromatic rings. The first kappa shape index (κ1) is 18.8. The van der Waals surface area contributed by atoms with E-state index in [0.717, 1.165) is 31.9 Å². The van der Waals surface area contributed by atoms with Crippen molar-refractivity contribution in [3.63, 3.8) is 0 Å². The van der Waals surface area contributed by atoms with Crippen LogP contribution < -0.4 is 11.1 Å². The molecule has 1 atom stereocenters. The van der Waals surface area contributed by atoms with E-state index < -0.39 is 15.8 Å². The topological polar surface area (TPSA) is 102 Å². The Balaban J connectivity index is 2.00. The zero-order chi connectivity index (χ0) is 18.7. The molecule has 1 aliphatic rings. The second kappa shape index (κ2) is 7.75. The number of nitrogen functional groups attached to an aromatic ring is 1. The number of carbonyl (C=O) groups is 1. The number of anilines is 2. The quantitative estimate of drug-likeness (QED) is 0.732. The fourth-order valence-electron chi connectivity index (χ4n) is 3.71. The van der Waals surface area contributed by atoms with Crippen LogP contribution in [0.1, 0.15) is 43.6 Å². The van der Waals surface area contributed by atoms with E-state index in [-0.39, 0.29) is 16.5 Å². The van der Waals surface area contributed by atoms with E-state index in [1.165, 1.54) is 11.3 Å². The lowest BCUT2D eigenvalue weighted by Crippen LogP contribution is -2.25. The Morgan fingerprint density at radius 1 is 1.38 bits per heavy atom. The number of nitrogens with zero attached hydrogens (tertiary/aromatic N) is 1. The molecule has 0 saturated heterocycles. The van der Waals surface area contributed by atoms with Gasteiger partial charge in [-0.3, -0.25) is 4.79 Å². The summed E-state index contributed by atoms with van der Waals surface area (Å²) < 4.78 is 24.7. The zero-order valence-electron chi connectivity index (χ0n) is 14.6. The first-order valence-corrected chi connectivity index (χ1v) is 11.4. The summed E-state index contributed by atoms with van der Waals surface area (Å²) in [6.07, 6.45) is 7.81. The summed E-state index contributed by atoms with van der Waals surface area (Å²) in [7, 11) is -3.56. The Morgan fingerprint density at radius 2 is 2.12 bits per heavy atom. The summed E-state index contributed by atoms with van der Waals surface area (Å²) >= 11 is 1.33. The van der Waals surface area contributed by atoms with E-state index in [1.807, 2.05) is 0 Å². The van der Waals surface area contributed by atoms with Crippen molar-refractivity contribution in [2.24, 2.45) is 5.92 Å². The van der Waals surface area contributed by atoms with Gasteiger partial charge in [0.15, 0.2) is 15.0 Å². The largest absolute Gasteiger partial charge is 0.398 e. The Bertz CT molecular complexity index is 873. The maximum absolute atomic E-state index is 13.0. The molecule has 1 amide bonds. The van der Waals surface area contributed by atoms with E-state index in [0.29, 0.717) is 23.0 Å². The molecular weight excluding hydrogens is 370 g/mol. The van der Waals surface area contributed by atoms with E-state index in [4.69, 9.17) is 5.73 Å². The highest BCUT2D eigenvalue weighted by Gasteiger charge is 2.31. The molecule has 1 heterocycles. The summed E-state index contributed by atoms with van der Waals surface area (Å²) in [4.78, 5) is 17.2. The molecule has 1 saturated carbocycles. The molecule has 1 unspecified atom stereocenters. The number of hydrogen-bond acceptors (Lipinski definition) is 6. The van der Waals surface area contributed by atoms with Gasteiger partial charge in [0.1, 0.15) is 0 Å². The number of aromatic nitrogens is 1. The van der Waals surface area contributed by atoms with Gasteiger partial charge in [-0.2, -0.15) is 0 Å². The van der Waals surface area contributed by atoms with Crippen molar-refractivity contribution in [3.8, 4) is 0 Å². The molecule has 0 spiro atoms. The maximum atomic E-state index is 13.0. The Labute approximate surface area is 157 Å². The van der Waals surface area contributed by atoms with Crippen LogP contribution in [0.4, 0.5) is 10.8 Å². The summed E-state index contributed by atoms with van der Waals surface area (Å²) in [5.74, 6) is -0.395. The van der Waals surface area contributed by atoms with Gasteiger partial charge in [0.25, 0.3) is 0 Å². The third-order valence-electron chi connectivity index (χ3n) is 4.84. The molecule has 3 N–H and O–H groups in total. The van der Waals surface area contributed by atoms with Crippen LogP contribution in [0.5, 0.6) is 0 Å². The molecular formula is C18H23N3O3S2. The number of carbonyl (C=O) groups excluding carboxylic acids is 1. The Hall–Kier alpha value is -1.93. The van der Waals surface area contributed by atoms with Crippen molar-refractivity contribution in [1.82, 2.24) is 4.98 Å². The number of rotatable bonds is 6. The lowest BCUT2D eigenvalue weighted by atomic mass is 9.87. The SMILES string of the molecule is CS(=O)(=O)c1c(N)cccc1C(CC1CCCC1)C(=O)Nc1nccs1. The van der Waals surface area contributed by atoms with Crippen LogP contribution in [-0.4, -0.2) is 25.6 Å². The van der Waals surface area contributed by atoms with E-state index in [2.05, 4.69) is 10.3 Å². The lowest BCUT2D eigenvalue weighted by molar-refractivity contribution is -0.118. The molecule has 1 aromatic carbocycles. The molecule has 26 heavy (non-hydrogen) atoms. The van der Waals surface area contributed by atoms with Crippen molar-refractivity contribution in [2.45, 2.75) is 42.9 Å². The number of nitrogens with two attached hydrogens (primary N) is 1. The van der Waals surface area contributed by atoms with Gasteiger partial charge in [0.2, 0.25) is 5.91 Å². The van der Waals surface area contributed by atoms with Crippen LogP contribution in [0.15, 0.2) is 34.7 Å². The second-order valence-corrected chi connectivity index (χ2v) is 9.65. The van der Waals surface area contributed by atoms with Crippen molar-refractivity contribution in [1.29, 1.82) is 0 Å². The number of amides is 1. The average Bonchev–Trinajstić information content (AvgIpc) is 3.24. The van der Waals surface area contributed by atoms with Gasteiger partial charge in [-0.15, -0.1) is 11.3 Å². The number of hydrogen-bond donors (Lipinski definition) is 2. The van der Waals surface area contributed by atoms with Gasteiger partial charge in [0.05, 0.1) is 16.5 Å². The summed E-state index contributed by atoms with van der Waals surface area (Å²) in [6, 6.07) is 4.97. The zero-order valence-corrected chi connectivity index (χ0v) is 16.3. The van der Waals surface area contributed by atoms with Crippen LogP contribution in [0, 0.1) is 5.92 Å². The third-order valence-corrected chi connectivity index (χ3v) is 6.75. The molecule has 8 heteroatoms. The van der Waals surface area contributed by atoms with Gasteiger partial charge in [-0.05, 0) is 24.0 Å². The Morgan fingerprint density at radius 3 is 2.73 bits per heavy atom. The van der Waals surface area contributed by atoms with Gasteiger partial charge in [-0.1, -0.05) is 37.8 Å². The molecule has 0 aliphatic heterocycles. The highest BCUT2D eigenvalue weighted by atomic mass is 32.2. The molecule has 1 aromatic heterocycles. The van der Waals surface area contributed by atoms with Crippen LogP contribution in [0.25, 0.3) is 0 Å². The maximum Gasteiger partial charge on any atom is 0.233 e. The molecule has 0 radical (unpaired) electrons. The molecule has 140 valence electrons. The molecule has 3 rings (SSSR count). The highest BCUT2D eigenvalue weighted by Crippen LogP contribution is 2.38. The van der Waals surface area contributed by atoms with E-state index in [9.17, 15) is 13.2 Å². The Kier molecular flexibility index (Phi) is 5.62. The predicted molar refractivity (Wildman–Crippen MR) is 104 cm³/mol. The first-order chi connectivity index (χ1) is 12.4. The number of sulfone groups is 1. The second-order valence-electron chi connectivity index (χ2n) is 6.80. The van der Waals surface area contributed by atoms with Crippen molar-refractivity contribution in [3.05, 3.63) is 35.3 Å². The number of thiazole rings is 1. The summed E-state index contributed by atoms with van der Waals surface area (Å²) in [5, 5.41) is 5.12. The lowest BCUT2D eigenvalue weighted by Gasteiger charge is -2.22. The smallest absolute Gasteiger partial charge is 0.233 e. The van der Waals surface area contributed by atoms with Crippen molar-refractivity contribution >= 4 is 37.9 Å². The normalized spacial score (nSPS) is 16.5. The minimum atomic E-state index is -3.56. The summed E-state index contributed by atoms with van der Waals surface area (Å²) in [6.45, 7) is 0. The van der Waals surface area contributed by atoms with Crippen LogP contribution >= 0.6 is 11.3 Å². The first-order valence-electron chi connectivity index (χ1n) is 8.65. The monoisotopic (exact) mass is 393 g/mol. The summed E-state index contributed by atoms with van der Waals surface area (Å²) in [5.41, 5.74) is 6.63. The van der Waals surface area contributed by atoms with E-state index in [1.54, 1.807) is 29.8 Å². The van der Waals surface area contributed by atoms with Gasteiger partial charge in [-0.25, -0.2) is 13.4 Å². The third kappa shape index (κ3) is 4.24. The van der Waals surface area contributed by atoms with Gasteiger partial charge >= 0.3 is 0 Å². The van der Waals surface area contributed by atoms with E-state index >= 15 is 0 Å². The molecule has 6 nitrogen and oxygen atoms in total. The van der Waals surface area contributed by atoms with Gasteiger partial charge in [0, 0.05) is 17.8 Å². The van der Waals surface area contributed by atoms with Crippen molar-refractivity contribution < 1.29 is 13.2 Å². The van der Waals surface area contributed by atoms with Crippen LogP contribution in [0.2, 0.25) is 0 Å². The fourth-order valence-corrected chi connectivity index (χ4v) is 5.37. The minimum Gasteiger partial charge on any atom is -0.398 e. The highest BCUT2D eigenvalue weighted by molar-refractivity contribution is 7.91. The minimum absolute atomic E-state index is 0.0669. The van der Waals surface area contributed by atoms with Crippen molar-refractivity contribution in [2.75, 3.05) is 17.3 Å². The number of nitrogens with one attached hydrogen (secondary N) is 1. The van der Waals surface area contributed by atoms with Crippen LogP contribution in [0.3, 0.4) is 0 Å². The average molecular weight is 394 g/mol.